The number of rotatable bonds is 6. The number of nitrogen functional groups attached to an aromatic ring is 1. The van der Waals surface area contributed by atoms with Crippen LogP contribution in [0.25, 0.3) is 22.4 Å². The molecular formula is C18H16FN7O. The highest BCUT2D eigenvalue weighted by atomic mass is 19.1. The largest absolute Gasteiger partial charge is 0.384 e. The molecule has 136 valence electrons. The first-order chi connectivity index (χ1) is 13.2. The summed E-state index contributed by atoms with van der Waals surface area (Å²) >= 11 is 0. The Morgan fingerprint density at radius 3 is 2.74 bits per heavy atom. The number of hydrogen-bond donors (Lipinski definition) is 2. The number of halogens is 1. The lowest BCUT2D eigenvalue weighted by atomic mass is 10.2. The number of pyridine rings is 1. The van der Waals surface area contributed by atoms with Gasteiger partial charge in [0.2, 0.25) is 11.7 Å². The second-order valence-corrected chi connectivity index (χ2v) is 5.88. The zero-order valence-electron chi connectivity index (χ0n) is 14.3. The Labute approximate surface area is 153 Å². The molecule has 9 heteroatoms. The normalized spacial score (nSPS) is 11.0. The fraction of sp³-hybridized carbons (Fsp3) is 0.167. The molecular weight excluding hydrogens is 349 g/mol. The highest BCUT2D eigenvalue weighted by Crippen LogP contribution is 2.19. The topological polar surface area (TPSA) is 116 Å². The van der Waals surface area contributed by atoms with Crippen LogP contribution in [-0.4, -0.2) is 31.6 Å². The van der Waals surface area contributed by atoms with Crippen molar-refractivity contribution in [3.8, 4) is 11.4 Å². The van der Waals surface area contributed by atoms with Gasteiger partial charge in [-0.15, -0.1) is 0 Å². The Morgan fingerprint density at radius 2 is 1.89 bits per heavy atom. The maximum absolute atomic E-state index is 13.0. The number of nitrogens with two attached hydrogens (primary N) is 1. The number of nitrogens with zero attached hydrogens (tertiary/aromatic N) is 5. The second kappa shape index (κ2) is 7.32. The Kier molecular flexibility index (Phi) is 4.56. The third-order valence-electron chi connectivity index (χ3n) is 3.95. The van der Waals surface area contributed by atoms with Crippen molar-refractivity contribution in [1.29, 1.82) is 0 Å². The van der Waals surface area contributed by atoms with Crippen molar-refractivity contribution in [1.82, 2.24) is 25.1 Å². The Morgan fingerprint density at radius 1 is 1.04 bits per heavy atom. The molecule has 8 nitrogen and oxygen atoms in total. The van der Waals surface area contributed by atoms with Crippen LogP contribution in [0.1, 0.15) is 12.3 Å². The van der Waals surface area contributed by atoms with Gasteiger partial charge in [-0.1, -0.05) is 5.16 Å². The molecule has 0 radical (unpaired) electrons. The summed E-state index contributed by atoms with van der Waals surface area (Å²) in [5.41, 5.74) is 6.94. The lowest BCUT2D eigenvalue weighted by molar-refractivity contribution is 0.377. The average molecular weight is 365 g/mol. The van der Waals surface area contributed by atoms with Crippen LogP contribution < -0.4 is 11.1 Å². The lowest BCUT2D eigenvalue weighted by Gasteiger charge is -2.07. The van der Waals surface area contributed by atoms with Gasteiger partial charge in [0.05, 0.1) is 5.39 Å². The van der Waals surface area contributed by atoms with E-state index in [-0.39, 0.29) is 5.82 Å². The molecule has 3 aromatic heterocycles. The predicted molar refractivity (Wildman–Crippen MR) is 98.2 cm³/mol. The number of hydrogen-bond acceptors (Lipinski definition) is 8. The minimum absolute atomic E-state index is 0.302. The smallest absolute Gasteiger partial charge is 0.227 e. The van der Waals surface area contributed by atoms with Crippen molar-refractivity contribution in [3.63, 3.8) is 0 Å². The van der Waals surface area contributed by atoms with Crippen molar-refractivity contribution in [2.75, 3.05) is 17.6 Å². The zero-order chi connectivity index (χ0) is 18.6. The van der Waals surface area contributed by atoms with E-state index in [9.17, 15) is 4.39 Å². The molecule has 4 rings (SSSR count). The van der Waals surface area contributed by atoms with Crippen LogP contribution in [0.4, 0.5) is 16.0 Å². The van der Waals surface area contributed by atoms with Gasteiger partial charge >= 0.3 is 0 Å². The van der Waals surface area contributed by atoms with E-state index in [2.05, 4.69) is 30.4 Å². The number of benzene rings is 1. The molecule has 0 unspecified atom stereocenters. The van der Waals surface area contributed by atoms with E-state index in [0.29, 0.717) is 47.5 Å². The molecule has 0 spiro atoms. The van der Waals surface area contributed by atoms with Gasteiger partial charge in [-0.25, -0.2) is 19.3 Å². The van der Waals surface area contributed by atoms with E-state index in [1.807, 2.05) is 6.07 Å². The van der Waals surface area contributed by atoms with Gasteiger partial charge in [-0.05, 0) is 42.8 Å². The maximum Gasteiger partial charge on any atom is 0.227 e. The van der Waals surface area contributed by atoms with E-state index in [1.54, 1.807) is 18.2 Å². The van der Waals surface area contributed by atoms with Crippen molar-refractivity contribution in [2.24, 2.45) is 0 Å². The van der Waals surface area contributed by atoms with E-state index in [0.717, 1.165) is 11.8 Å². The van der Waals surface area contributed by atoms with Crippen LogP contribution >= 0.6 is 0 Å². The summed E-state index contributed by atoms with van der Waals surface area (Å²) in [7, 11) is 0. The minimum Gasteiger partial charge on any atom is -0.384 e. The first-order valence-electron chi connectivity index (χ1n) is 8.39. The summed E-state index contributed by atoms with van der Waals surface area (Å²) in [6.45, 7) is 0.657. The Hall–Kier alpha value is -3.62. The predicted octanol–water partition coefficient (Wildman–Crippen LogP) is 2.84. The van der Waals surface area contributed by atoms with E-state index in [4.69, 9.17) is 10.3 Å². The van der Waals surface area contributed by atoms with Gasteiger partial charge in [-0.2, -0.15) is 4.98 Å². The highest BCUT2D eigenvalue weighted by molar-refractivity contribution is 5.86. The van der Waals surface area contributed by atoms with Crippen molar-refractivity contribution >= 4 is 22.7 Å². The Balaban J connectivity index is 1.35. The number of anilines is 2. The lowest BCUT2D eigenvalue weighted by Crippen LogP contribution is -2.06. The molecule has 27 heavy (non-hydrogen) atoms. The van der Waals surface area contributed by atoms with Gasteiger partial charge in [-0.3, -0.25) is 0 Å². The van der Waals surface area contributed by atoms with Crippen LogP contribution in [0.15, 0.2) is 47.2 Å². The molecule has 0 aliphatic heterocycles. The third kappa shape index (κ3) is 3.81. The van der Waals surface area contributed by atoms with Gasteiger partial charge < -0.3 is 15.6 Å². The fourth-order valence-corrected chi connectivity index (χ4v) is 2.62. The number of aryl methyl sites for hydroxylation is 1. The third-order valence-corrected chi connectivity index (χ3v) is 3.95. The summed E-state index contributed by atoms with van der Waals surface area (Å²) in [6, 6.07) is 9.52. The van der Waals surface area contributed by atoms with Crippen LogP contribution in [0.5, 0.6) is 0 Å². The second-order valence-electron chi connectivity index (χ2n) is 5.88. The number of fused-ring (bicyclic) bond motifs is 1. The molecule has 4 aromatic rings. The van der Waals surface area contributed by atoms with Crippen molar-refractivity contribution in [3.05, 3.63) is 54.4 Å². The summed E-state index contributed by atoms with van der Waals surface area (Å²) in [4.78, 5) is 16.9. The van der Waals surface area contributed by atoms with Gasteiger partial charge in [0.25, 0.3) is 0 Å². The maximum atomic E-state index is 13.0. The molecule has 0 fully saturated rings. The summed E-state index contributed by atoms with van der Waals surface area (Å²) in [5, 5.41) is 8.00. The van der Waals surface area contributed by atoms with Crippen LogP contribution in [-0.2, 0) is 6.42 Å². The average Bonchev–Trinajstić information content (AvgIpc) is 3.14. The molecule has 0 amide bonds. The molecule has 1 aromatic carbocycles. The number of nitrogens with one attached hydrogen (secondary N) is 1. The molecule has 0 bridgehead atoms. The highest BCUT2D eigenvalue weighted by Gasteiger charge is 2.09. The SMILES string of the molecule is Nc1ccc2c(NCCCc3nc(-c4ccc(F)cc4)no3)ncnc2n1. The van der Waals surface area contributed by atoms with Crippen molar-refractivity contribution < 1.29 is 8.91 Å². The minimum atomic E-state index is -0.302. The zero-order valence-corrected chi connectivity index (χ0v) is 14.3. The van der Waals surface area contributed by atoms with Gasteiger partial charge in [0.1, 0.15) is 23.8 Å². The quantitative estimate of drug-likeness (QED) is 0.501. The first kappa shape index (κ1) is 16.8. The van der Waals surface area contributed by atoms with Crippen LogP contribution in [0.3, 0.4) is 0 Å². The van der Waals surface area contributed by atoms with Crippen molar-refractivity contribution in [2.45, 2.75) is 12.8 Å². The monoisotopic (exact) mass is 365 g/mol. The van der Waals surface area contributed by atoms with Gasteiger partial charge in [0.15, 0.2) is 5.65 Å². The Bertz CT molecular complexity index is 1060. The van der Waals surface area contributed by atoms with Crippen LogP contribution in [0.2, 0.25) is 0 Å². The van der Waals surface area contributed by atoms with E-state index in [1.165, 1.54) is 18.5 Å². The molecule has 0 saturated heterocycles. The van der Waals surface area contributed by atoms with E-state index < -0.39 is 0 Å². The molecule has 0 aliphatic rings. The number of aromatic nitrogens is 5. The standard InChI is InChI=1S/C18H16FN7O/c19-12-5-3-11(4-6-12)16-25-15(27-26-16)2-1-9-21-17-13-7-8-14(20)24-18(13)23-10-22-17/h3-8,10H,1-2,9H2,(H3,20,21,22,23,24). The summed E-state index contributed by atoms with van der Waals surface area (Å²) in [6.07, 6.45) is 2.82. The molecule has 3 heterocycles. The molecule has 0 aliphatic carbocycles. The summed E-state index contributed by atoms with van der Waals surface area (Å²) in [5.74, 6) is 1.79. The summed E-state index contributed by atoms with van der Waals surface area (Å²) < 4.78 is 18.2. The fourth-order valence-electron chi connectivity index (χ4n) is 2.62. The first-order valence-corrected chi connectivity index (χ1v) is 8.39. The van der Waals surface area contributed by atoms with Gasteiger partial charge in [0, 0.05) is 18.5 Å². The molecule has 0 atom stereocenters. The van der Waals surface area contributed by atoms with Crippen LogP contribution in [0, 0.1) is 5.82 Å². The molecule has 0 saturated carbocycles. The van der Waals surface area contributed by atoms with E-state index >= 15 is 0 Å². The molecule has 3 N–H and O–H groups in total.